The van der Waals surface area contributed by atoms with Crippen LogP contribution < -0.4 is 9.61 Å². The first-order valence-corrected chi connectivity index (χ1v) is 14.4. The second-order valence-electron chi connectivity index (χ2n) is 10.1. The maximum Gasteiger partial charge on any atom is 0.459 e. The molecule has 222 valence electrons. The minimum atomic E-state index is -4.37. The van der Waals surface area contributed by atoms with Gasteiger partial charge < -0.3 is 19.1 Å². The van der Waals surface area contributed by atoms with Crippen LogP contribution in [-0.4, -0.2) is 79.5 Å². The van der Waals surface area contributed by atoms with Crippen LogP contribution in [0.1, 0.15) is 34.1 Å². The molecule has 4 rings (SSSR count). The van der Waals surface area contributed by atoms with Crippen molar-refractivity contribution in [2.45, 2.75) is 70.4 Å². The number of aliphatic hydroxyl groups excluding tert-OH is 1. The number of aliphatic hydroxyl groups is 1. The molecule has 15 heteroatoms. The van der Waals surface area contributed by atoms with Crippen molar-refractivity contribution in [3.8, 4) is 11.4 Å². The number of amides is 1. The zero-order valence-corrected chi connectivity index (χ0v) is 23.9. The highest BCUT2D eigenvalue weighted by Crippen LogP contribution is 2.47. The smallest absolute Gasteiger partial charge is 0.459 e. The van der Waals surface area contributed by atoms with E-state index >= 15 is 4.39 Å². The minimum absolute atomic E-state index is 0.0310. The van der Waals surface area contributed by atoms with Crippen LogP contribution in [0.3, 0.4) is 0 Å². The van der Waals surface area contributed by atoms with E-state index in [1.165, 1.54) is 42.6 Å². The van der Waals surface area contributed by atoms with Crippen LogP contribution in [0.5, 0.6) is 5.75 Å². The summed E-state index contributed by atoms with van der Waals surface area (Å²) in [6, 6.07) is 5.14. The summed E-state index contributed by atoms with van der Waals surface area (Å²) in [6.07, 6.45) is 0.733. The first-order chi connectivity index (χ1) is 19.3. The van der Waals surface area contributed by atoms with Crippen LogP contribution in [0.15, 0.2) is 61.3 Å². The van der Waals surface area contributed by atoms with E-state index in [9.17, 15) is 19.3 Å². The lowest BCUT2D eigenvalue weighted by Crippen LogP contribution is -2.51. The van der Waals surface area contributed by atoms with Gasteiger partial charge in [-0.2, -0.15) is 10.2 Å². The molecule has 1 aromatic carbocycles. The molecule has 41 heavy (non-hydrogen) atoms. The summed E-state index contributed by atoms with van der Waals surface area (Å²) in [5.74, 6) is -1.05. The quantitative estimate of drug-likeness (QED) is 0.292. The van der Waals surface area contributed by atoms with Gasteiger partial charge in [0.25, 0.3) is 0 Å². The molecule has 1 aromatic heterocycles. The standard InChI is InChI=1S/C26H33FN5O8P/c1-16(2)38-24(35)18(4)30-41(36,40-20-8-6-19(7-9-20)32-15-28-14-29-32)37-13-21-23(34)26(5,27)25(39-21)31-11-10-17(3)12-22(31)33/h6-11,14-16,18,21,23,25,34H,3,12-13H2,1-2,4-5H3,(H,30,36)/t18-,21+,23+,25+,26+,41?/m0/s1. The number of halogens is 1. The largest absolute Gasteiger partial charge is 0.462 e. The Hall–Kier alpha value is -3.42. The third kappa shape index (κ3) is 7.08. The fraction of sp³-hybridized carbons (Fsp3) is 0.462. The van der Waals surface area contributed by atoms with Crippen molar-refractivity contribution in [3.63, 3.8) is 0 Å². The summed E-state index contributed by atoms with van der Waals surface area (Å²) in [4.78, 5) is 29.9. The fourth-order valence-electron chi connectivity index (χ4n) is 4.20. The van der Waals surface area contributed by atoms with Crippen molar-refractivity contribution in [2.75, 3.05) is 6.61 Å². The third-order valence-electron chi connectivity index (χ3n) is 6.32. The molecule has 2 N–H and O–H groups in total. The molecular formula is C26H33FN5O8P. The number of rotatable bonds is 11. The lowest BCUT2D eigenvalue weighted by Gasteiger charge is -2.33. The Morgan fingerprint density at radius 1 is 1.34 bits per heavy atom. The number of alkyl halides is 1. The van der Waals surface area contributed by atoms with Gasteiger partial charge in [-0.25, -0.2) is 18.6 Å². The molecule has 0 aliphatic carbocycles. The molecule has 6 atom stereocenters. The minimum Gasteiger partial charge on any atom is -0.462 e. The number of allylic oxidation sites excluding steroid dienone is 1. The summed E-state index contributed by atoms with van der Waals surface area (Å²) < 4.78 is 53.2. The van der Waals surface area contributed by atoms with Crippen molar-refractivity contribution in [3.05, 3.63) is 61.3 Å². The molecule has 1 unspecified atom stereocenters. The van der Waals surface area contributed by atoms with Gasteiger partial charge in [-0.05, 0) is 63.6 Å². The summed E-state index contributed by atoms with van der Waals surface area (Å²) in [5, 5.41) is 17.3. The summed E-state index contributed by atoms with van der Waals surface area (Å²) in [6.45, 7) is 8.95. The number of carbonyl (C=O) groups is 2. The Balaban J connectivity index is 1.51. The number of benzene rings is 1. The van der Waals surface area contributed by atoms with Gasteiger partial charge in [0.2, 0.25) is 5.91 Å². The molecule has 0 radical (unpaired) electrons. The molecule has 3 heterocycles. The summed E-state index contributed by atoms with van der Waals surface area (Å²) in [5.41, 5.74) is -1.20. The number of aromatic nitrogens is 3. The van der Waals surface area contributed by atoms with Gasteiger partial charge in [0.15, 0.2) is 11.9 Å². The van der Waals surface area contributed by atoms with Gasteiger partial charge in [0, 0.05) is 6.20 Å². The van der Waals surface area contributed by atoms with Crippen molar-refractivity contribution >= 4 is 19.6 Å². The molecule has 2 aliphatic rings. The number of carbonyl (C=O) groups excluding carboxylic acids is 2. The van der Waals surface area contributed by atoms with Crippen molar-refractivity contribution in [2.24, 2.45) is 0 Å². The highest BCUT2D eigenvalue weighted by molar-refractivity contribution is 7.52. The first-order valence-electron chi connectivity index (χ1n) is 12.9. The normalized spacial score (nSPS) is 26.7. The first kappa shape index (κ1) is 30.5. The van der Waals surface area contributed by atoms with Gasteiger partial charge in [0.1, 0.15) is 36.7 Å². The van der Waals surface area contributed by atoms with Gasteiger partial charge >= 0.3 is 13.7 Å². The lowest BCUT2D eigenvalue weighted by atomic mass is 9.97. The number of nitrogens with one attached hydrogen (secondary N) is 1. The Bertz CT molecular complexity index is 1330. The number of ether oxygens (including phenoxy) is 2. The average molecular weight is 594 g/mol. The maximum atomic E-state index is 15.7. The highest BCUT2D eigenvalue weighted by Gasteiger charge is 2.57. The Morgan fingerprint density at radius 3 is 2.66 bits per heavy atom. The van der Waals surface area contributed by atoms with Crippen molar-refractivity contribution in [1.29, 1.82) is 0 Å². The van der Waals surface area contributed by atoms with Crippen molar-refractivity contribution in [1.82, 2.24) is 24.8 Å². The van der Waals surface area contributed by atoms with Crippen LogP contribution in [-0.2, 0) is 28.2 Å². The third-order valence-corrected chi connectivity index (χ3v) is 7.96. The van der Waals surface area contributed by atoms with E-state index in [0.717, 1.165) is 11.8 Å². The number of esters is 1. The van der Waals surface area contributed by atoms with Crippen LogP contribution >= 0.6 is 7.75 Å². The second-order valence-corrected chi connectivity index (χ2v) is 11.8. The van der Waals surface area contributed by atoms with Crippen LogP contribution in [0, 0.1) is 0 Å². The van der Waals surface area contributed by atoms with Crippen molar-refractivity contribution < 1.29 is 42.2 Å². The second kappa shape index (κ2) is 12.2. The Morgan fingerprint density at radius 2 is 2.05 bits per heavy atom. The fourth-order valence-corrected chi connectivity index (χ4v) is 5.70. The van der Waals surface area contributed by atoms with Gasteiger partial charge in [-0.3, -0.25) is 19.0 Å². The zero-order chi connectivity index (χ0) is 29.9. The molecule has 13 nitrogen and oxygen atoms in total. The highest BCUT2D eigenvalue weighted by atomic mass is 31.2. The molecule has 0 bridgehead atoms. The van der Waals surface area contributed by atoms with E-state index in [1.807, 2.05) is 0 Å². The van der Waals surface area contributed by atoms with Crippen LogP contribution in [0.4, 0.5) is 4.39 Å². The average Bonchev–Trinajstić information content (AvgIpc) is 3.51. The van der Waals surface area contributed by atoms with E-state index in [0.29, 0.717) is 11.3 Å². The molecule has 1 amide bonds. The molecule has 2 aliphatic heterocycles. The predicted octanol–water partition coefficient (Wildman–Crippen LogP) is 2.82. The van der Waals surface area contributed by atoms with E-state index in [2.05, 4.69) is 21.7 Å². The number of hydrogen-bond acceptors (Lipinski definition) is 10. The van der Waals surface area contributed by atoms with Gasteiger partial charge in [0.05, 0.1) is 24.8 Å². The van der Waals surface area contributed by atoms with E-state index in [4.69, 9.17) is 18.5 Å². The van der Waals surface area contributed by atoms with E-state index < -0.39 is 62.5 Å². The molecular weight excluding hydrogens is 560 g/mol. The van der Waals surface area contributed by atoms with Crippen LogP contribution in [0.2, 0.25) is 0 Å². The molecule has 2 aromatic rings. The van der Waals surface area contributed by atoms with Gasteiger partial charge in [-0.15, -0.1) is 0 Å². The molecule has 1 fully saturated rings. The SMILES string of the molecule is C=C1C=CN([C@@H]2O[C@H](COP(=O)(N[C@@H](C)C(=O)OC(C)C)Oc3ccc(-n4cncn4)cc3)[C@@H](O)[C@@]2(C)F)C(=O)C1. The monoisotopic (exact) mass is 593 g/mol. The van der Waals surface area contributed by atoms with E-state index in [1.54, 1.807) is 32.1 Å². The predicted molar refractivity (Wildman–Crippen MR) is 143 cm³/mol. The van der Waals surface area contributed by atoms with Crippen LogP contribution in [0.25, 0.3) is 5.69 Å². The topological polar surface area (TPSA) is 154 Å². The summed E-state index contributed by atoms with van der Waals surface area (Å²) in [7, 11) is -4.37. The lowest BCUT2D eigenvalue weighted by molar-refractivity contribution is -0.149. The molecule has 0 spiro atoms. The number of nitrogens with zero attached hydrogens (tertiary/aromatic N) is 4. The Kier molecular flexibility index (Phi) is 9.10. The Labute approximate surface area is 236 Å². The zero-order valence-electron chi connectivity index (χ0n) is 23.0. The summed E-state index contributed by atoms with van der Waals surface area (Å²) >= 11 is 0. The maximum absolute atomic E-state index is 15.7. The van der Waals surface area contributed by atoms with Gasteiger partial charge in [-0.1, -0.05) is 6.58 Å². The van der Waals surface area contributed by atoms with E-state index in [-0.39, 0.29) is 12.2 Å². The molecule has 1 saturated heterocycles. The number of hydrogen-bond donors (Lipinski definition) is 2. The molecule has 0 saturated carbocycles.